The number of carbonyl (C=O) groups excluding carboxylic acids is 2. The minimum Gasteiger partial charge on any atom is -0.494 e. The number of rotatable bonds is 8. The molecule has 0 atom stereocenters. The number of nitrogens with two attached hydrogens (primary N) is 1. The summed E-state index contributed by atoms with van der Waals surface area (Å²) in [5.41, 5.74) is 6.76. The third-order valence-electron chi connectivity index (χ3n) is 6.77. The Kier molecular flexibility index (Phi) is 8.36. The third kappa shape index (κ3) is 6.93. The van der Waals surface area contributed by atoms with Gasteiger partial charge in [0.05, 0.1) is 12.2 Å². The molecule has 0 spiro atoms. The Morgan fingerprint density at radius 3 is 2.56 bits per heavy atom. The highest BCUT2D eigenvalue weighted by Crippen LogP contribution is 2.26. The summed E-state index contributed by atoms with van der Waals surface area (Å²) in [5.74, 6) is 1.63. The van der Waals surface area contributed by atoms with Gasteiger partial charge in [0, 0.05) is 38.9 Å². The highest BCUT2D eigenvalue weighted by atomic mass is 16.5. The normalized spacial score (nSPS) is 17.4. The lowest BCUT2D eigenvalue weighted by Gasteiger charge is -2.34. The molecule has 1 saturated heterocycles. The minimum atomic E-state index is -0.543. The monoisotopic (exact) mass is 465 g/mol. The van der Waals surface area contributed by atoms with Crippen molar-refractivity contribution in [1.82, 2.24) is 14.8 Å². The molecule has 0 radical (unpaired) electrons. The summed E-state index contributed by atoms with van der Waals surface area (Å²) in [4.78, 5) is 31.9. The molecule has 3 N–H and O–H groups in total. The van der Waals surface area contributed by atoms with E-state index in [2.05, 4.69) is 33.4 Å². The van der Waals surface area contributed by atoms with Crippen molar-refractivity contribution in [3.05, 3.63) is 53.7 Å². The van der Waals surface area contributed by atoms with Gasteiger partial charge in [-0.3, -0.25) is 15.0 Å². The van der Waals surface area contributed by atoms with Crippen LogP contribution in [0.4, 0.5) is 10.6 Å². The molecular formula is C26H35N5O3. The van der Waals surface area contributed by atoms with Crippen molar-refractivity contribution in [2.24, 2.45) is 11.7 Å². The Hall–Kier alpha value is -3.13. The average Bonchev–Trinajstić information content (AvgIpc) is 2.86. The van der Waals surface area contributed by atoms with E-state index in [9.17, 15) is 9.59 Å². The molecule has 8 heteroatoms. The number of pyridine rings is 1. The number of primary amides is 1. The molecule has 1 aromatic carbocycles. The first-order valence-corrected chi connectivity index (χ1v) is 12.3. The highest BCUT2D eigenvalue weighted by Gasteiger charge is 2.21. The smallest absolute Gasteiger partial charge is 0.323 e. The van der Waals surface area contributed by atoms with Gasteiger partial charge in [0.2, 0.25) is 5.91 Å². The molecule has 182 valence electrons. The van der Waals surface area contributed by atoms with Gasteiger partial charge in [-0.15, -0.1) is 0 Å². The van der Waals surface area contributed by atoms with Gasteiger partial charge < -0.3 is 15.4 Å². The van der Waals surface area contributed by atoms with Gasteiger partial charge in [0.1, 0.15) is 11.6 Å². The summed E-state index contributed by atoms with van der Waals surface area (Å²) in [6.07, 6.45) is 9.35. The summed E-state index contributed by atoms with van der Waals surface area (Å²) in [6, 6.07) is 11.3. The van der Waals surface area contributed by atoms with Crippen LogP contribution in [0, 0.1) is 5.92 Å². The van der Waals surface area contributed by atoms with E-state index in [-0.39, 0.29) is 6.03 Å². The van der Waals surface area contributed by atoms with Crippen LogP contribution in [0.3, 0.4) is 0 Å². The molecule has 34 heavy (non-hydrogen) atoms. The summed E-state index contributed by atoms with van der Waals surface area (Å²) in [6.45, 7) is 4.52. The molecule has 2 aromatic rings. The van der Waals surface area contributed by atoms with E-state index in [1.165, 1.54) is 43.9 Å². The topological polar surface area (TPSA) is 101 Å². The van der Waals surface area contributed by atoms with E-state index >= 15 is 0 Å². The van der Waals surface area contributed by atoms with Gasteiger partial charge in [0.25, 0.3) is 0 Å². The van der Waals surface area contributed by atoms with Gasteiger partial charge in [-0.2, -0.15) is 0 Å². The largest absolute Gasteiger partial charge is 0.494 e. The summed E-state index contributed by atoms with van der Waals surface area (Å²) in [5, 5.41) is 2.78. The van der Waals surface area contributed by atoms with Crippen LogP contribution in [0.2, 0.25) is 0 Å². The number of urea groups is 1. The standard InChI is InChI=1S/C26H35N5O3/c27-25(32)22-9-10-24(28-18-22)29-26(33)31-14-12-30(13-15-31)19-21-7-4-8-23(17-21)34-16-11-20-5-2-1-3-6-20/h4,7-10,17-18,20H,1-3,5-6,11-16,19H2,(H2,27,32)(H,28,29,33). The number of anilines is 1. The number of piperazine rings is 1. The van der Waals surface area contributed by atoms with Gasteiger partial charge in [-0.1, -0.05) is 44.2 Å². The number of hydrogen-bond acceptors (Lipinski definition) is 5. The molecule has 0 unspecified atom stereocenters. The Balaban J connectivity index is 1.19. The fourth-order valence-electron chi connectivity index (χ4n) is 4.72. The Morgan fingerprint density at radius 2 is 1.85 bits per heavy atom. The number of nitrogens with one attached hydrogen (secondary N) is 1. The lowest BCUT2D eigenvalue weighted by atomic mass is 9.87. The second kappa shape index (κ2) is 11.8. The van der Waals surface area contributed by atoms with Crippen molar-refractivity contribution in [1.29, 1.82) is 0 Å². The number of hydrogen-bond donors (Lipinski definition) is 2. The number of nitrogens with zero attached hydrogens (tertiary/aromatic N) is 3. The molecular weight excluding hydrogens is 430 g/mol. The summed E-state index contributed by atoms with van der Waals surface area (Å²) >= 11 is 0. The van der Waals surface area contributed by atoms with Gasteiger partial charge in [-0.25, -0.2) is 9.78 Å². The van der Waals surface area contributed by atoms with Crippen molar-refractivity contribution in [3.8, 4) is 5.75 Å². The van der Waals surface area contributed by atoms with Crippen molar-refractivity contribution in [2.75, 3.05) is 38.1 Å². The first-order chi connectivity index (χ1) is 16.6. The maximum absolute atomic E-state index is 12.6. The van der Waals surface area contributed by atoms with Crippen molar-refractivity contribution in [3.63, 3.8) is 0 Å². The van der Waals surface area contributed by atoms with Crippen LogP contribution < -0.4 is 15.8 Å². The fourth-order valence-corrected chi connectivity index (χ4v) is 4.72. The van der Waals surface area contributed by atoms with Gasteiger partial charge in [-0.05, 0) is 42.2 Å². The number of carbonyl (C=O) groups is 2. The van der Waals surface area contributed by atoms with Crippen molar-refractivity contribution < 1.29 is 14.3 Å². The van der Waals surface area contributed by atoms with E-state index in [1.807, 2.05) is 6.07 Å². The van der Waals surface area contributed by atoms with Crippen LogP contribution in [-0.2, 0) is 6.54 Å². The molecule has 1 aliphatic heterocycles. The van der Waals surface area contributed by atoms with Crippen molar-refractivity contribution in [2.45, 2.75) is 45.1 Å². The molecule has 4 rings (SSSR count). The van der Waals surface area contributed by atoms with Crippen LogP contribution in [0.1, 0.15) is 54.4 Å². The molecule has 2 aliphatic rings. The summed E-state index contributed by atoms with van der Waals surface area (Å²) in [7, 11) is 0. The van der Waals surface area contributed by atoms with E-state index in [4.69, 9.17) is 10.5 Å². The van der Waals surface area contributed by atoms with Crippen LogP contribution >= 0.6 is 0 Å². The molecule has 8 nitrogen and oxygen atoms in total. The number of ether oxygens (including phenoxy) is 1. The molecule has 2 heterocycles. The fraction of sp³-hybridized carbons (Fsp3) is 0.500. The SMILES string of the molecule is NC(=O)c1ccc(NC(=O)N2CCN(Cc3cccc(OCCC4CCCCC4)c3)CC2)nc1. The van der Waals surface area contributed by atoms with Gasteiger partial charge >= 0.3 is 6.03 Å². The first kappa shape index (κ1) is 24.0. The number of aromatic nitrogens is 1. The van der Waals surface area contributed by atoms with Crippen LogP contribution in [0.25, 0.3) is 0 Å². The van der Waals surface area contributed by atoms with Gasteiger partial charge in [0.15, 0.2) is 0 Å². The Morgan fingerprint density at radius 1 is 1.06 bits per heavy atom. The maximum atomic E-state index is 12.6. The van der Waals surface area contributed by atoms with Crippen molar-refractivity contribution >= 4 is 17.8 Å². The molecule has 2 fully saturated rings. The lowest BCUT2D eigenvalue weighted by molar-refractivity contribution is 0.1000. The highest BCUT2D eigenvalue weighted by molar-refractivity contribution is 5.93. The van der Waals surface area contributed by atoms with E-state index in [0.717, 1.165) is 44.3 Å². The van der Waals surface area contributed by atoms with Crippen LogP contribution in [0.15, 0.2) is 42.6 Å². The summed E-state index contributed by atoms with van der Waals surface area (Å²) < 4.78 is 6.05. The van der Waals surface area contributed by atoms with Crippen LogP contribution in [0.5, 0.6) is 5.75 Å². The quantitative estimate of drug-likeness (QED) is 0.616. The number of benzene rings is 1. The lowest BCUT2D eigenvalue weighted by Crippen LogP contribution is -2.49. The average molecular weight is 466 g/mol. The predicted molar refractivity (Wildman–Crippen MR) is 132 cm³/mol. The van der Waals surface area contributed by atoms with E-state index in [1.54, 1.807) is 17.0 Å². The molecule has 3 amide bonds. The van der Waals surface area contributed by atoms with E-state index in [0.29, 0.717) is 24.5 Å². The molecule has 1 aromatic heterocycles. The zero-order chi connectivity index (χ0) is 23.8. The van der Waals surface area contributed by atoms with E-state index < -0.39 is 5.91 Å². The predicted octanol–water partition coefficient (Wildman–Crippen LogP) is 3.88. The Bertz CT molecular complexity index is 951. The first-order valence-electron chi connectivity index (χ1n) is 12.3. The third-order valence-corrected chi connectivity index (χ3v) is 6.77. The molecule has 1 aliphatic carbocycles. The Labute approximate surface area is 201 Å². The van der Waals surface area contributed by atoms with Crippen LogP contribution in [-0.4, -0.2) is 59.5 Å². The zero-order valence-corrected chi connectivity index (χ0v) is 19.7. The molecule has 0 bridgehead atoms. The number of amides is 3. The maximum Gasteiger partial charge on any atom is 0.323 e. The second-order valence-electron chi connectivity index (χ2n) is 9.28. The molecule has 1 saturated carbocycles. The minimum absolute atomic E-state index is 0.188. The zero-order valence-electron chi connectivity index (χ0n) is 19.7. The second-order valence-corrected chi connectivity index (χ2v) is 9.28.